The van der Waals surface area contributed by atoms with Crippen LogP contribution in [0, 0.1) is 0 Å². The van der Waals surface area contributed by atoms with Gasteiger partial charge >= 0.3 is 5.97 Å². The van der Waals surface area contributed by atoms with E-state index in [1.807, 2.05) is 13.8 Å². The number of carboxylic acids is 1. The number of nitrogens with zero attached hydrogens (tertiary/aromatic N) is 1. The summed E-state index contributed by atoms with van der Waals surface area (Å²) >= 11 is 0. The maximum atomic E-state index is 12.0. The Hall–Kier alpha value is -1.91. The van der Waals surface area contributed by atoms with Crippen molar-refractivity contribution in [1.82, 2.24) is 10.3 Å². The first kappa shape index (κ1) is 14.2. The van der Waals surface area contributed by atoms with E-state index >= 15 is 0 Å². The number of nitrogens with one attached hydrogen (secondary N) is 1. The molecule has 0 aliphatic carbocycles. The third-order valence-corrected chi connectivity index (χ3v) is 2.48. The first-order valence-corrected chi connectivity index (χ1v) is 5.92. The van der Waals surface area contributed by atoms with Crippen molar-refractivity contribution in [3.05, 3.63) is 30.1 Å². The van der Waals surface area contributed by atoms with Crippen LogP contribution >= 0.6 is 0 Å². The molecule has 0 radical (unpaired) electrons. The third-order valence-electron chi connectivity index (χ3n) is 2.48. The Kier molecular flexibility index (Phi) is 5.30. The van der Waals surface area contributed by atoms with Gasteiger partial charge in [-0.2, -0.15) is 0 Å². The van der Waals surface area contributed by atoms with Crippen LogP contribution in [0.1, 0.15) is 38.2 Å². The van der Waals surface area contributed by atoms with Gasteiger partial charge in [0.15, 0.2) is 0 Å². The Morgan fingerprint density at radius 3 is 2.67 bits per heavy atom. The molecule has 1 atom stereocenters. The maximum Gasteiger partial charge on any atom is 0.303 e. The fourth-order valence-electron chi connectivity index (χ4n) is 1.68. The van der Waals surface area contributed by atoms with Crippen LogP contribution in [-0.4, -0.2) is 28.0 Å². The van der Waals surface area contributed by atoms with Gasteiger partial charge in [-0.15, -0.1) is 0 Å². The summed E-state index contributed by atoms with van der Waals surface area (Å²) in [6.45, 7) is 3.74. The molecule has 0 fully saturated rings. The van der Waals surface area contributed by atoms with Gasteiger partial charge in [0, 0.05) is 24.9 Å². The van der Waals surface area contributed by atoms with E-state index in [9.17, 15) is 9.59 Å². The normalized spacial score (nSPS) is 12.2. The Balaban J connectivity index is 2.81. The smallest absolute Gasteiger partial charge is 0.303 e. The van der Waals surface area contributed by atoms with Gasteiger partial charge in [0.2, 0.25) is 5.91 Å². The van der Waals surface area contributed by atoms with Gasteiger partial charge in [-0.1, -0.05) is 6.07 Å². The second-order valence-corrected chi connectivity index (χ2v) is 4.43. The molecule has 1 aromatic rings. The molecule has 5 nitrogen and oxygen atoms in total. The summed E-state index contributed by atoms with van der Waals surface area (Å²) in [5, 5.41) is 11.5. The van der Waals surface area contributed by atoms with Crippen molar-refractivity contribution in [3.8, 4) is 0 Å². The van der Waals surface area contributed by atoms with Gasteiger partial charge in [0.25, 0.3) is 0 Å². The fraction of sp³-hybridized carbons (Fsp3) is 0.462. The lowest BCUT2D eigenvalue weighted by atomic mass is 9.94. The van der Waals surface area contributed by atoms with E-state index in [1.165, 1.54) is 0 Å². The molecule has 0 aliphatic rings. The van der Waals surface area contributed by atoms with Gasteiger partial charge in [-0.05, 0) is 31.9 Å². The minimum atomic E-state index is -0.902. The van der Waals surface area contributed by atoms with Crippen LogP contribution in [0.2, 0.25) is 0 Å². The summed E-state index contributed by atoms with van der Waals surface area (Å²) in [7, 11) is 0. The Morgan fingerprint density at radius 1 is 1.44 bits per heavy atom. The number of carbonyl (C=O) groups is 2. The van der Waals surface area contributed by atoms with Crippen molar-refractivity contribution in [3.63, 3.8) is 0 Å². The van der Waals surface area contributed by atoms with Crippen molar-refractivity contribution in [2.45, 2.75) is 38.6 Å². The number of hydrogen-bond acceptors (Lipinski definition) is 3. The summed E-state index contributed by atoms with van der Waals surface area (Å²) in [6.07, 6.45) is 3.47. The largest absolute Gasteiger partial charge is 0.481 e. The van der Waals surface area contributed by atoms with Gasteiger partial charge in [0.05, 0.1) is 5.92 Å². The van der Waals surface area contributed by atoms with E-state index in [-0.39, 0.29) is 24.8 Å². The van der Waals surface area contributed by atoms with E-state index in [0.717, 1.165) is 5.56 Å². The molecule has 98 valence electrons. The SMILES string of the molecule is CC(C)NC(=O)C(CCC(=O)O)c1cccnc1. The molecule has 0 saturated heterocycles. The second kappa shape index (κ2) is 6.74. The first-order chi connectivity index (χ1) is 8.50. The summed E-state index contributed by atoms with van der Waals surface area (Å²) in [4.78, 5) is 26.6. The van der Waals surface area contributed by atoms with Crippen molar-refractivity contribution in [2.24, 2.45) is 0 Å². The van der Waals surface area contributed by atoms with Gasteiger partial charge < -0.3 is 10.4 Å². The van der Waals surface area contributed by atoms with Crippen molar-refractivity contribution < 1.29 is 14.7 Å². The Bertz CT molecular complexity index is 404. The van der Waals surface area contributed by atoms with E-state index in [1.54, 1.807) is 24.5 Å². The van der Waals surface area contributed by atoms with E-state index < -0.39 is 11.9 Å². The molecule has 5 heteroatoms. The second-order valence-electron chi connectivity index (χ2n) is 4.43. The van der Waals surface area contributed by atoms with Crippen LogP contribution in [0.4, 0.5) is 0 Å². The molecule has 18 heavy (non-hydrogen) atoms. The zero-order valence-corrected chi connectivity index (χ0v) is 10.6. The van der Waals surface area contributed by atoms with Crippen LogP contribution in [0.15, 0.2) is 24.5 Å². The molecule has 1 aromatic heterocycles. The number of aromatic nitrogens is 1. The molecule has 1 rings (SSSR count). The van der Waals surface area contributed by atoms with Crippen LogP contribution < -0.4 is 5.32 Å². The molecule has 0 saturated carbocycles. The quantitative estimate of drug-likeness (QED) is 0.803. The number of pyridine rings is 1. The highest BCUT2D eigenvalue weighted by molar-refractivity contribution is 5.84. The van der Waals surface area contributed by atoms with Crippen molar-refractivity contribution in [2.75, 3.05) is 0 Å². The highest BCUT2D eigenvalue weighted by atomic mass is 16.4. The minimum Gasteiger partial charge on any atom is -0.481 e. The summed E-state index contributed by atoms with van der Waals surface area (Å²) in [5.41, 5.74) is 0.747. The standard InChI is InChI=1S/C13H18N2O3/c1-9(2)15-13(18)11(5-6-12(16)17)10-4-3-7-14-8-10/h3-4,7-9,11H,5-6H2,1-2H3,(H,15,18)(H,16,17). The molecule has 2 N–H and O–H groups in total. The molecule has 0 spiro atoms. The zero-order valence-electron chi connectivity index (χ0n) is 10.6. The number of rotatable bonds is 6. The highest BCUT2D eigenvalue weighted by Gasteiger charge is 2.22. The predicted octanol–water partition coefficient (Wildman–Crippen LogP) is 1.55. The number of aliphatic carboxylic acids is 1. The molecule has 0 aliphatic heterocycles. The topological polar surface area (TPSA) is 79.3 Å². The summed E-state index contributed by atoms with van der Waals surface area (Å²) in [6, 6.07) is 3.56. The van der Waals surface area contributed by atoms with Crippen LogP contribution in [0.5, 0.6) is 0 Å². The molecule has 0 bridgehead atoms. The van der Waals surface area contributed by atoms with Crippen molar-refractivity contribution >= 4 is 11.9 Å². The van der Waals surface area contributed by atoms with E-state index in [0.29, 0.717) is 0 Å². The lowest BCUT2D eigenvalue weighted by Gasteiger charge is -2.17. The Labute approximate surface area is 106 Å². The molecule has 1 amide bonds. The fourth-order valence-corrected chi connectivity index (χ4v) is 1.68. The molecular formula is C13H18N2O3. The molecule has 1 heterocycles. The van der Waals surface area contributed by atoms with Crippen LogP contribution in [0.25, 0.3) is 0 Å². The Morgan fingerprint density at radius 2 is 2.17 bits per heavy atom. The lowest BCUT2D eigenvalue weighted by molar-refractivity contribution is -0.137. The predicted molar refractivity (Wildman–Crippen MR) is 67.1 cm³/mol. The lowest BCUT2D eigenvalue weighted by Crippen LogP contribution is -2.34. The van der Waals surface area contributed by atoms with Crippen LogP contribution in [0.3, 0.4) is 0 Å². The molecular weight excluding hydrogens is 232 g/mol. The number of amides is 1. The maximum absolute atomic E-state index is 12.0. The summed E-state index contributed by atoms with van der Waals surface area (Å²) in [5.74, 6) is -1.52. The van der Waals surface area contributed by atoms with E-state index in [4.69, 9.17) is 5.11 Å². The number of hydrogen-bond donors (Lipinski definition) is 2. The average Bonchev–Trinajstić information content (AvgIpc) is 2.29. The van der Waals surface area contributed by atoms with Gasteiger partial charge in [-0.3, -0.25) is 14.6 Å². The average molecular weight is 250 g/mol. The van der Waals surface area contributed by atoms with E-state index in [2.05, 4.69) is 10.3 Å². The zero-order chi connectivity index (χ0) is 13.5. The van der Waals surface area contributed by atoms with Crippen LogP contribution in [-0.2, 0) is 9.59 Å². The summed E-state index contributed by atoms with van der Waals surface area (Å²) < 4.78 is 0. The molecule has 0 aromatic carbocycles. The van der Waals surface area contributed by atoms with Gasteiger partial charge in [-0.25, -0.2) is 0 Å². The monoisotopic (exact) mass is 250 g/mol. The molecule has 1 unspecified atom stereocenters. The first-order valence-electron chi connectivity index (χ1n) is 5.92. The highest BCUT2D eigenvalue weighted by Crippen LogP contribution is 2.21. The third kappa shape index (κ3) is 4.53. The van der Waals surface area contributed by atoms with Gasteiger partial charge in [0.1, 0.15) is 0 Å². The van der Waals surface area contributed by atoms with Crippen molar-refractivity contribution in [1.29, 1.82) is 0 Å². The number of carbonyl (C=O) groups excluding carboxylic acids is 1. The minimum absolute atomic E-state index is 0.0292. The number of carboxylic acid groups (broad SMARTS) is 1.